The number of imidazole rings is 1. The van der Waals surface area contributed by atoms with Crippen LogP contribution in [0.25, 0.3) is 16.9 Å². The Morgan fingerprint density at radius 2 is 1.90 bits per heavy atom. The molecule has 156 valence electrons. The first kappa shape index (κ1) is 20.1. The van der Waals surface area contributed by atoms with E-state index in [0.29, 0.717) is 41.0 Å². The van der Waals surface area contributed by atoms with Gasteiger partial charge in [0.15, 0.2) is 11.2 Å². The van der Waals surface area contributed by atoms with Crippen molar-refractivity contribution >= 4 is 22.9 Å². The first-order chi connectivity index (χ1) is 14.6. The molecular formula is C19H22N8O2S. The lowest BCUT2D eigenvalue weighted by molar-refractivity contribution is 0.613. The Kier molecular flexibility index (Phi) is 5.79. The third kappa shape index (κ3) is 3.67. The summed E-state index contributed by atoms with van der Waals surface area (Å²) in [5, 5.41) is 12.6. The Morgan fingerprint density at radius 1 is 1.10 bits per heavy atom. The Labute approximate surface area is 175 Å². The fraction of sp³-hybridized carbons (Fsp3) is 0.368. The van der Waals surface area contributed by atoms with Crippen molar-refractivity contribution < 1.29 is 0 Å². The van der Waals surface area contributed by atoms with Gasteiger partial charge in [-0.1, -0.05) is 43.3 Å². The number of para-hydroxylation sites is 1. The van der Waals surface area contributed by atoms with E-state index in [4.69, 9.17) is 0 Å². The molecule has 0 unspecified atom stereocenters. The summed E-state index contributed by atoms with van der Waals surface area (Å²) < 4.78 is 5.06. The van der Waals surface area contributed by atoms with Crippen molar-refractivity contribution in [1.82, 2.24) is 39.3 Å². The average molecular weight is 427 g/mol. The maximum absolute atomic E-state index is 12.5. The highest BCUT2D eigenvalue weighted by Crippen LogP contribution is 2.23. The lowest BCUT2D eigenvalue weighted by Crippen LogP contribution is -2.31. The molecule has 4 rings (SSSR count). The highest BCUT2D eigenvalue weighted by molar-refractivity contribution is 7.98. The Morgan fingerprint density at radius 3 is 2.63 bits per heavy atom. The zero-order chi connectivity index (χ0) is 21.1. The molecule has 3 heterocycles. The third-order valence-corrected chi connectivity index (χ3v) is 5.70. The summed E-state index contributed by atoms with van der Waals surface area (Å²) in [4.78, 5) is 31.9. The summed E-state index contributed by atoms with van der Waals surface area (Å²) in [6.07, 6.45) is 1.77. The monoisotopic (exact) mass is 426 g/mol. The first-order valence-electron chi connectivity index (χ1n) is 9.82. The lowest BCUT2D eigenvalue weighted by Gasteiger charge is -2.06. The highest BCUT2D eigenvalue weighted by atomic mass is 32.2. The van der Waals surface area contributed by atoms with E-state index in [2.05, 4.69) is 32.4 Å². The molecule has 30 heavy (non-hydrogen) atoms. The normalized spacial score (nSPS) is 11.4. The molecule has 0 saturated heterocycles. The number of hydrogen-bond acceptors (Lipinski definition) is 7. The molecule has 3 aromatic heterocycles. The molecule has 0 fully saturated rings. The quantitative estimate of drug-likeness (QED) is 0.428. The van der Waals surface area contributed by atoms with Gasteiger partial charge in [-0.05, 0) is 35.9 Å². The Hall–Kier alpha value is -3.21. The number of tetrazole rings is 1. The van der Waals surface area contributed by atoms with E-state index in [1.807, 2.05) is 41.8 Å². The number of benzene rings is 1. The van der Waals surface area contributed by atoms with Gasteiger partial charge in [0.2, 0.25) is 5.16 Å². The number of aryl methyl sites for hydroxylation is 2. The standard InChI is InChI=1S/C19H22N8O2S/c1-3-5-11-26-16-15(17(28)21-18(26)29)25(4-2)14(20-16)12-30-19-22-23-24-27(19)13-9-7-6-8-10-13/h6-10H,3-5,11-12H2,1-2H3,(H,21,28,29). The molecule has 4 aromatic rings. The average Bonchev–Trinajstić information content (AvgIpc) is 3.37. The number of aromatic amines is 1. The second kappa shape index (κ2) is 8.66. The number of thioether (sulfide) groups is 1. The number of fused-ring (bicyclic) bond motifs is 1. The van der Waals surface area contributed by atoms with Gasteiger partial charge in [0, 0.05) is 13.1 Å². The highest BCUT2D eigenvalue weighted by Gasteiger charge is 2.19. The predicted octanol–water partition coefficient (Wildman–Crippen LogP) is 1.97. The van der Waals surface area contributed by atoms with E-state index in [1.54, 1.807) is 9.25 Å². The predicted molar refractivity (Wildman–Crippen MR) is 114 cm³/mol. The molecule has 0 aliphatic heterocycles. The molecule has 0 aliphatic carbocycles. The minimum absolute atomic E-state index is 0.414. The van der Waals surface area contributed by atoms with Crippen LogP contribution < -0.4 is 11.2 Å². The van der Waals surface area contributed by atoms with Crippen molar-refractivity contribution in [2.75, 3.05) is 0 Å². The van der Waals surface area contributed by atoms with Crippen LogP contribution in [0.15, 0.2) is 45.1 Å². The summed E-state index contributed by atoms with van der Waals surface area (Å²) >= 11 is 1.42. The van der Waals surface area contributed by atoms with Crippen molar-refractivity contribution in [3.05, 3.63) is 57.0 Å². The number of unbranched alkanes of at least 4 members (excludes halogenated alkanes) is 1. The van der Waals surface area contributed by atoms with Crippen LogP contribution in [0.4, 0.5) is 0 Å². The van der Waals surface area contributed by atoms with Crippen molar-refractivity contribution in [1.29, 1.82) is 0 Å². The van der Waals surface area contributed by atoms with Crippen molar-refractivity contribution in [2.45, 2.75) is 50.7 Å². The largest absolute Gasteiger partial charge is 0.330 e. The second-order valence-electron chi connectivity index (χ2n) is 6.71. The van der Waals surface area contributed by atoms with Gasteiger partial charge in [-0.25, -0.2) is 9.78 Å². The fourth-order valence-corrected chi connectivity index (χ4v) is 4.16. The van der Waals surface area contributed by atoms with Crippen LogP contribution >= 0.6 is 11.8 Å². The molecule has 0 saturated carbocycles. The second-order valence-corrected chi connectivity index (χ2v) is 7.65. The molecule has 0 amide bonds. The van der Waals surface area contributed by atoms with E-state index < -0.39 is 11.2 Å². The maximum Gasteiger partial charge on any atom is 0.330 e. The van der Waals surface area contributed by atoms with Gasteiger partial charge in [-0.2, -0.15) is 4.68 Å². The van der Waals surface area contributed by atoms with Crippen LogP contribution in [0.2, 0.25) is 0 Å². The smallest absolute Gasteiger partial charge is 0.322 e. The summed E-state index contributed by atoms with van der Waals surface area (Å²) in [6, 6.07) is 9.62. The van der Waals surface area contributed by atoms with Crippen LogP contribution in [0.3, 0.4) is 0 Å². The minimum Gasteiger partial charge on any atom is -0.322 e. The first-order valence-corrected chi connectivity index (χ1v) is 10.8. The number of H-pyrrole nitrogens is 1. The van der Waals surface area contributed by atoms with E-state index in [-0.39, 0.29) is 0 Å². The lowest BCUT2D eigenvalue weighted by atomic mass is 10.3. The number of nitrogens with zero attached hydrogens (tertiary/aromatic N) is 7. The Balaban J connectivity index is 1.71. The van der Waals surface area contributed by atoms with Crippen molar-refractivity contribution in [3.63, 3.8) is 0 Å². The molecule has 0 aliphatic rings. The van der Waals surface area contributed by atoms with Crippen LogP contribution in [-0.4, -0.2) is 39.3 Å². The zero-order valence-corrected chi connectivity index (χ0v) is 17.6. The molecule has 0 spiro atoms. The summed E-state index contributed by atoms with van der Waals surface area (Å²) in [5.41, 5.74) is 0.874. The van der Waals surface area contributed by atoms with Crippen LogP contribution in [0.5, 0.6) is 0 Å². The van der Waals surface area contributed by atoms with Gasteiger partial charge in [-0.15, -0.1) is 5.10 Å². The topological polar surface area (TPSA) is 116 Å². The van der Waals surface area contributed by atoms with Gasteiger partial charge in [0.1, 0.15) is 5.82 Å². The van der Waals surface area contributed by atoms with Crippen LogP contribution in [0.1, 0.15) is 32.5 Å². The number of hydrogen-bond donors (Lipinski definition) is 1. The summed E-state index contributed by atoms with van der Waals surface area (Å²) in [7, 11) is 0. The summed E-state index contributed by atoms with van der Waals surface area (Å²) in [5.74, 6) is 1.15. The molecule has 1 aromatic carbocycles. The van der Waals surface area contributed by atoms with Crippen LogP contribution in [-0.2, 0) is 18.8 Å². The molecule has 0 atom stereocenters. The third-order valence-electron chi connectivity index (χ3n) is 4.79. The molecular weight excluding hydrogens is 404 g/mol. The molecule has 0 bridgehead atoms. The number of rotatable bonds is 8. The summed E-state index contributed by atoms with van der Waals surface area (Å²) in [6.45, 7) is 5.08. The van der Waals surface area contributed by atoms with Crippen LogP contribution in [0, 0.1) is 0 Å². The van der Waals surface area contributed by atoms with Gasteiger partial charge in [-0.3, -0.25) is 14.3 Å². The molecule has 1 N–H and O–H groups in total. The Bertz CT molecular complexity index is 1270. The zero-order valence-electron chi connectivity index (χ0n) is 16.8. The van der Waals surface area contributed by atoms with Crippen molar-refractivity contribution in [3.8, 4) is 5.69 Å². The SMILES string of the molecule is CCCCn1c(=O)[nH]c(=O)c2c1nc(CSc1nnnn1-c1ccccc1)n2CC. The van der Waals surface area contributed by atoms with Gasteiger partial charge in [0.25, 0.3) is 5.56 Å². The van der Waals surface area contributed by atoms with Gasteiger partial charge < -0.3 is 4.57 Å². The van der Waals surface area contributed by atoms with E-state index in [9.17, 15) is 9.59 Å². The number of aromatic nitrogens is 8. The maximum atomic E-state index is 12.5. The van der Waals surface area contributed by atoms with Gasteiger partial charge >= 0.3 is 5.69 Å². The van der Waals surface area contributed by atoms with E-state index >= 15 is 0 Å². The van der Waals surface area contributed by atoms with E-state index in [1.165, 1.54) is 11.8 Å². The molecule has 11 heteroatoms. The minimum atomic E-state index is -0.422. The van der Waals surface area contributed by atoms with Gasteiger partial charge in [0.05, 0.1) is 11.4 Å². The molecule has 0 radical (unpaired) electrons. The van der Waals surface area contributed by atoms with E-state index in [0.717, 1.165) is 18.5 Å². The molecule has 10 nitrogen and oxygen atoms in total. The fourth-order valence-electron chi connectivity index (χ4n) is 3.32. The number of nitrogens with one attached hydrogen (secondary N) is 1. The van der Waals surface area contributed by atoms with Crippen molar-refractivity contribution in [2.24, 2.45) is 0 Å².